The molecule has 0 aromatic carbocycles. The van der Waals surface area contributed by atoms with Crippen LogP contribution in [-0.4, -0.2) is 15.0 Å². The van der Waals surface area contributed by atoms with Gasteiger partial charge in [0.25, 0.3) is 0 Å². The summed E-state index contributed by atoms with van der Waals surface area (Å²) < 4.78 is 0. The van der Waals surface area contributed by atoms with E-state index in [1.165, 1.54) is 11.8 Å². The molecule has 4 N–H and O–H groups in total. The molecule has 0 unspecified atom stereocenters. The number of hydrogen-bond acceptors (Lipinski definition) is 6. The maximum absolute atomic E-state index is 5.86. The number of nitrogens with two attached hydrogens (primary N) is 2. The Bertz CT molecular complexity index is 676. The van der Waals surface area contributed by atoms with Crippen LogP contribution >= 0.6 is 11.8 Å². The first-order chi connectivity index (χ1) is 9.51. The molecule has 2 rings (SSSR count). The maximum atomic E-state index is 5.86. The van der Waals surface area contributed by atoms with Crippen LogP contribution in [0.25, 0.3) is 0 Å². The molecule has 6 heteroatoms. The predicted octanol–water partition coefficient (Wildman–Crippen LogP) is 2.29. The summed E-state index contributed by atoms with van der Waals surface area (Å²) in [5.74, 6) is 3.38. The van der Waals surface area contributed by atoms with Gasteiger partial charge in [-0.3, -0.25) is 0 Å². The van der Waals surface area contributed by atoms with Crippen molar-refractivity contribution in [3.8, 4) is 12.3 Å². The zero-order chi connectivity index (χ0) is 14.7. The second kappa shape index (κ2) is 5.80. The average Bonchev–Trinajstić information content (AvgIpc) is 2.41. The molecule has 0 atom stereocenters. The fourth-order valence-corrected chi connectivity index (χ4v) is 2.71. The fraction of sp³-hybridized carbons (Fsp3) is 0.214. The Morgan fingerprint density at radius 3 is 2.55 bits per heavy atom. The number of nitrogens with zero attached hydrogens (tertiary/aromatic N) is 3. The standard InChI is InChI=1S/C14H15N5S/c1-4-9-5-11(10(6-17-9)8(2)3)20-12-7-18-14(16)19-13(12)15/h1,5-8H,2-3H3,(H4,15,16,18,19). The zero-order valence-electron chi connectivity index (χ0n) is 11.3. The number of aromatic nitrogens is 3. The molecule has 0 radical (unpaired) electrons. The highest BCUT2D eigenvalue weighted by Gasteiger charge is 2.12. The van der Waals surface area contributed by atoms with Crippen LogP contribution in [0.1, 0.15) is 31.0 Å². The summed E-state index contributed by atoms with van der Waals surface area (Å²) in [6, 6.07) is 1.87. The van der Waals surface area contributed by atoms with Gasteiger partial charge in [-0.2, -0.15) is 4.98 Å². The Labute approximate surface area is 122 Å². The van der Waals surface area contributed by atoms with E-state index in [-0.39, 0.29) is 5.95 Å². The zero-order valence-corrected chi connectivity index (χ0v) is 12.1. The fourth-order valence-electron chi connectivity index (χ4n) is 1.64. The SMILES string of the molecule is C#Cc1cc(Sc2cnc(N)nc2N)c(C(C)C)cn1. The molecule has 0 fully saturated rings. The second-order valence-electron chi connectivity index (χ2n) is 4.49. The molecule has 2 aromatic rings. The molecular weight excluding hydrogens is 270 g/mol. The van der Waals surface area contributed by atoms with Crippen molar-refractivity contribution < 1.29 is 0 Å². The highest BCUT2D eigenvalue weighted by atomic mass is 32.2. The van der Waals surface area contributed by atoms with Crippen molar-refractivity contribution in [1.29, 1.82) is 0 Å². The molecule has 0 aliphatic rings. The summed E-state index contributed by atoms with van der Waals surface area (Å²) in [6.45, 7) is 4.19. The molecule has 0 amide bonds. The van der Waals surface area contributed by atoms with E-state index in [1.807, 2.05) is 6.07 Å². The van der Waals surface area contributed by atoms with Crippen molar-refractivity contribution >= 4 is 23.5 Å². The molecule has 2 aromatic heterocycles. The first-order valence-corrected chi connectivity index (χ1v) is 6.85. The molecule has 0 bridgehead atoms. The number of pyridine rings is 1. The maximum Gasteiger partial charge on any atom is 0.221 e. The third-order valence-electron chi connectivity index (χ3n) is 2.69. The number of terminal acetylenes is 1. The van der Waals surface area contributed by atoms with Crippen LogP contribution in [0.15, 0.2) is 28.3 Å². The van der Waals surface area contributed by atoms with Crippen LogP contribution in [0.4, 0.5) is 11.8 Å². The Kier molecular flexibility index (Phi) is 4.11. The number of hydrogen-bond donors (Lipinski definition) is 2. The lowest BCUT2D eigenvalue weighted by Crippen LogP contribution is -2.01. The largest absolute Gasteiger partial charge is 0.383 e. The Hall–Kier alpha value is -2.26. The Morgan fingerprint density at radius 2 is 1.95 bits per heavy atom. The summed E-state index contributed by atoms with van der Waals surface area (Å²) >= 11 is 1.47. The minimum Gasteiger partial charge on any atom is -0.383 e. The molecule has 0 saturated carbocycles. The summed E-state index contributed by atoms with van der Waals surface area (Å²) in [5.41, 5.74) is 13.0. The van der Waals surface area contributed by atoms with E-state index in [1.54, 1.807) is 12.4 Å². The van der Waals surface area contributed by atoms with Crippen molar-refractivity contribution in [2.75, 3.05) is 11.5 Å². The second-order valence-corrected chi connectivity index (χ2v) is 5.57. The average molecular weight is 285 g/mol. The molecule has 0 spiro atoms. The summed E-state index contributed by atoms with van der Waals surface area (Å²) in [7, 11) is 0. The molecule has 5 nitrogen and oxygen atoms in total. The Morgan fingerprint density at radius 1 is 1.20 bits per heavy atom. The first kappa shape index (κ1) is 14.2. The van der Waals surface area contributed by atoms with Crippen molar-refractivity contribution in [3.63, 3.8) is 0 Å². The quantitative estimate of drug-likeness (QED) is 0.841. The van der Waals surface area contributed by atoms with E-state index in [0.717, 1.165) is 15.4 Å². The molecular formula is C14H15N5S. The molecule has 2 heterocycles. The molecule has 0 aliphatic heterocycles. The highest BCUT2D eigenvalue weighted by Crippen LogP contribution is 2.35. The van der Waals surface area contributed by atoms with Gasteiger partial charge in [0.1, 0.15) is 11.5 Å². The van der Waals surface area contributed by atoms with Crippen molar-refractivity contribution in [3.05, 3.63) is 29.7 Å². The first-order valence-electron chi connectivity index (χ1n) is 6.03. The van der Waals surface area contributed by atoms with Gasteiger partial charge >= 0.3 is 0 Å². The Balaban J connectivity index is 2.43. The molecule has 20 heavy (non-hydrogen) atoms. The monoisotopic (exact) mass is 285 g/mol. The summed E-state index contributed by atoms with van der Waals surface area (Å²) in [6.07, 6.45) is 8.82. The van der Waals surface area contributed by atoms with Crippen molar-refractivity contribution in [2.24, 2.45) is 0 Å². The normalized spacial score (nSPS) is 10.5. The van der Waals surface area contributed by atoms with E-state index < -0.39 is 0 Å². The van der Waals surface area contributed by atoms with Crippen LogP contribution in [0.2, 0.25) is 0 Å². The smallest absolute Gasteiger partial charge is 0.221 e. The summed E-state index contributed by atoms with van der Waals surface area (Å²) in [5, 5.41) is 0. The van der Waals surface area contributed by atoms with Crippen LogP contribution in [0, 0.1) is 12.3 Å². The lowest BCUT2D eigenvalue weighted by Gasteiger charge is -2.12. The van der Waals surface area contributed by atoms with Crippen LogP contribution in [-0.2, 0) is 0 Å². The van der Waals surface area contributed by atoms with Gasteiger partial charge in [-0.15, -0.1) is 6.42 Å². The van der Waals surface area contributed by atoms with Crippen LogP contribution in [0.5, 0.6) is 0 Å². The highest BCUT2D eigenvalue weighted by molar-refractivity contribution is 7.99. The van der Waals surface area contributed by atoms with Crippen LogP contribution in [0.3, 0.4) is 0 Å². The van der Waals surface area contributed by atoms with Crippen molar-refractivity contribution in [2.45, 2.75) is 29.6 Å². The van der Waals surface area contributed by atoms with E-state index >= 15 is 0 Å². The van der Waals surface area contributed by atoms with E-state index in [2.05, 4.69) is 34.7 Å². The predicted molar refractivity (Wildman–Crippen MR) is 81.2 cm³/mol. The molecule has 0 aliphatic carbocycles. The van der Waals surface area contributed by atoms with Gasteiger partial charge in [0.05, 0.1) is 4.90 Å². The van der Waals surface area contributed by atoms with Gasteiger partial charge < -0.3 is 11.5 Å². The van der Waals surface area contributed by atoms with Gasteiger partial charge in [0.2, 0.25) is 5.95 Å². The van der Waals surface area contributed by atoms with E-state index in [0.29, 0.717) is 17.4 Å². The number of anilines is 2. The number of rotatable bonds is 3. The van der Waals surface area contributed by atoms with Gasteiger partial charge in [-0.25, -0.2) is 9.97 Å². The lowest BCUT2D eigenvalue weighted by atomic mass is 10.1. The number of nitrogen functional groups attached to an aromatic ring is 2. The molecule has 0 saturated heterocycles. The van der Waals surface area contributed by atoms with Crippen molar-refractivity contribution in [1.82, 2.24) is 15.0 Å². The van der Waals surface area contributed by atoms with Gasteiger partial charge in [0.15, 0.2) is 0 Å². The lowest BCUT2D eigenvalue weighted by molar-refractivity contribution is 0.830. The third kappa shape index (κ3) is 3.00. The van der Waals surface area contributed by atoms with Crippen LogP contribution < -0.4 is 11.5 Å². The summed E-state index contributed by atoms with van der Waals surface area (Å²) in [4.78, 5) is 13.9. The van der Waals surface area contributed by atoms with Gasteiger partial charge in [0, 0.05) is 17.3 Å². The van der Waals surface area contributed by atoms with E-state index in [4.69, 9.17) is 17.9 Å². The minimum atomic E-state index is 0.162. The van der Waals surface area contributed by atoms with Gasteiger partial charge in [-0.1, -0.05) is 31.5 Å². The minimum absolute atomic E-state index is 0.162. The molecule has 102 valence electrons. The third-order valence-corrected chi connectivity index (χ3v) is 3.79. The topological polar surface area (TPSA) is 90.7 Å². The van der Waals surface area contributed by atoms with Gasteiger partial charge in [-0.05, 0) is 17.5 Å². The van der Waals surface area contributed by atoms with E-state index in [9.17, 15) is 0 Å².